The SMILES string of the molecule is O=C(CCC1CCNCC1)N1CCCC2(CCCCC2)C1. The number of amides is 1. The predicted octanol–water partition coefficient (Wildman–Crippen LogP) is 3.34. The van der Waals surface area contributed by atoms with Gasteiger partial charge in [-0.25, -0.2) is 0 Å². The fourth-order valence-electron chi connectivity index (χ4n) is 4.79. The molecule has 3 fully saturated rings. The second-order valence-electron chi connectivity index (χ2n) is 7.71. The summed E-state index contributed by atoms with van der Waals surface area (Å²) in [6.07, 6.45) is 13.9. The van der Waals surface area contributed by atoms with Crippen molar-refractivity contribution in [2.24, 2.45) is 11.3 Å². The van der Waals surface area contributed by atoms with E-state index in [-0.39, 0.29) is 0 Å². The van der Waals surface area contributed by atoms with Crippen molar-refractivity contribution in [3.63, 3.8) is 0 Å². The first-order chi connectivity index (χ1) is 10.3. The van der Waals surface area contributed by atoms with Gasteiger partial charge in [0.25, 0.3) is 0 Å². The van der Waals surface area contributed by atoms with Crippen molar-refractivity contribution in [2.45, 2.75) is 70.6 Å². The lowest BCUT2D eigenvalue weighted by Gasteiger charge is -2.45. The van der Waals surface area contributed by atoms with Crippen LogP contribution in [0.1, 0.15) is 70.6 Å². The van der Waals surface area contributed by atoms with Gasteiger partial charge in [0.05, 0.1) is 0 Å². The maximum atomic E-state index is 12.6. The molecule has 1 amide bonds. The minimum Gasteiger partial charge on any atom is -0.342 e. The molecule has 0 atom stereocenters. The van der Waals surface area contributed by atoms with Crippen molar-refractivity contribution in [3.05, 3.63) is 0 Å². The zero-order chi connectivity index (χ0) is 14.5. The molecule has 120 valence electrons. The number of likely N-dealkylation sites (tertiary alicyclic amines) is 1. The summed E-state index contributed by atoms with van der Waals surface area (Å²) in [7, 11) is 0. The molecule has 0 bridgehead atoms. The molecule has 0 aromatic heterocycles. The lowest BCUT2D eigenvalue weighted by Crippen LogP contribution is -2.47. The number of carbonyl (C=O) groups excluding carboxylic acids is 1. The molecule has 0 radical (unpaired) electrons. The normalized spacial score (nSPS) is 27.0. The Morgan fingerprint density at radius 3 is 2.52 bits per heavy atom. The summed E-state index contributed by atoms with van der Waals surface area (Å²) in [5.41, 5.74) is 0.501. The number of rotatable bonds is 3. The van der Waals surface area contributed by atoms with E-state index in [1.165, 1.54) is 57.8 Å². The monoisotopic (exact) mass is 292 g/mol. The van der Waals surface area contributed by atoms with Gasteiger partial charge in [-0.3, -0.25) is 4.79 Å². The fourth-order valence-corrected chi connectivity index (χ4v) is 4.79. The Morgan fingerprint density at radius 2 is 1.76 bits per heavy atom. The van der Waals surface area contributed by atoms with Crippen molar-refractivity contribution in [2.75, 3.05) is 26.2 Å². The van der Waals surface area contributed by atoms with E-state index in [9.17, 15) is 4.79 Å². The molecule has 1 aliphatic carbocycles. The molecule has 0 aromatic rings. The summed E-state index contributed by atoms with van der Waals surface area (Å²) >= 11 is 0. The van der Waals surface area contributed by atoms with Crippen LogP contribution in [0.25, 0.3) is 0 Å². The van der Waals surface area contributed by atoms with E-state index >= 15 is 0 Å². The highest BCUT2D eigenvalue weighted by Gasteiger charge is 2.37. The summed E-state index contributed by atoms with van der Waals surface area (Å²) in [6, 6.07) is 0. The number of hydrogen-bond acceptors (Lipinski definition) is 2. The Morgan fingerprint density at radius 1 is 1.05 bits per heavy atom. The summed E-state index contributed by atoms with van der Waals surface area (Å²) in [4.78, 5) is 14.8. The highest BCUT2D eigenvalue weighted by atomic mass is 16.2. The molecule has 1 N–H and O–H groups in total. The quantitative estimate of drug-likeness (QED) is 0.865. The molecular formula is C18H32N2O. The zero-order valence-corrected chi connectivity index (χ0v) is 13.5. The van der Waals surface area contributed by atoms with Crippen LogP contribution in [-0.2, 0) is 4.79 Å². The predicted molar refractivity (Wildman–Crippen MR) is 86.2 cm³/mol. The van der Waals surface area contributed by atoms with E-state index in [0.717, 1.165) is 44.9 Å². The van der Waals surface area contributed by atoms with Gasteiger partial charge in [0.2, 0.25) is 5.91 Å². The second kappa shape index (κ2) is 7.13. The summed E-state index contributed by atoms with van der Waals surface area (Å²) in [5, 5.41) is 3.41. The molecular weight excluding hydrogens is 260 g/mol. The maximum Gasteiger partial charge on any atom is 0.222 e. The van der Waals surface area contributed by atoms with Crippen LogP contribution in [0.5, 0.6) is 0 Å². The third-order valence-corrected chi connectivity index (χ3v) is 6.15. The molecule has 0 aromatic carbocycles. The number of hydrogen-bond donors (Lipinski definition) is 1. The van der Waals surface area contributed by atoms with Gasteiger partial charge in [-0.05, 0) is 69.4 Å². The summed E-state index contributed by atoms with van der Waals surface area (Å²) in [5.74, 6) is 1.22. The molecule has 2 heterocycles. The Kier molecular flexibility index (Phi) is 5.20. The lowest BCUT2D eigenvalue weighted by atomic mass is 9.69. The zero-order valence-electron chi connectivity index (χ0n) is 13.5. The minimum absolute atomic E-state index is 0.443. The van der Waals surface area contributed by atoms with Gasteiger partial charge < -0.3 is 10.2 Å². The van der Waals surface area contributed by atoms with E-state index in [0.29, 0.717) is 11.3 Å². The third kappa shape index (κ3) is 4.00. The van der Waals surface area contributed by atoms with Crippen LogP contribution in [0.3, 0.4) is 0 Å². The standard InChI is InChI=1S/C18H32N2O/c21-17(6-5-16-7-12-19-13-8-16)20-14-4-11-18(15-20)9-2-1-3-10-18/h16,19H,1-15H2. The van der Waals surface area contributed by atoms with Crippen LogP contribution in [-0.4, -0.2) is 37.0 Å². The topological polar surface area (TPSA) is 32.3 Å². The van der Waals surface area contributed by atoms with Gasteiger partial charge in [-0.1, -0.05) is 19.3 Å². The van der Waals surface area contributed by atoms with Crippen LogP contribution in [0, 0.1) is 11.3 Å². The first-order valence-corrected chi connectivity index (χ1v) is 9.26. The molecule has 0 unspecified atom stereocenters. The van der Waals surface area contributed by atoms with E-state index in [2.05, 4.69) is 10.2 Å². The molecule has 1 spiro atoms. The number of piperidine rings is 2. The smallest absolute Gasteiger partial charge is 0.222 e. The van der Waals surface area contributed by atoms with Gasteiger partial charge >= 0.3 is 0 Å². The van der Waals surface area contributed by atoms with Gasteiger partial charge in [0.1, 0.15) is 0 Å². The van der Waals surface area contributed by atoms with Crippen molar-refractivity contribution >= 4 is 5.91 Å². The lowest BCUT2D eigenvalue weighted by molar-refractivity contribution is -0.135. The van der Waals surface area contributed by atoms with E-state index in [1.54, 1.807) is 0 Å². The highest BCUT2D eigenvalue weighted by Crippen LogP contribution is 2.43. The van der Waals surface area contributed by atoms with Crippen LogP contribution in [0.4, 0.5) is 0 Å². The van der Waals surface area contributed by atoms with Crippen LogP contribution >= 0.6 is 0 Å². The second-order valence-corrected chi connectivity index (χ2v) is 7.71. The molecule has 2 saturated heterocycles. The average Bonchev–Trinajstić information content (AvgIpc) is 2.54. The minimum atomic E-state index is 0.443. The van der Waals surface area contributed by atoms with Gasteiger partial charge in [0.15, 0.2) is 0 Å². The van der Waals surface area contributed by atoms with Crippen LogP contribution in [0.15, 0.2) is 0 Å². The first kappa shape index (κ1) is 15.3. The largest absolute Gasteiger partial charge is 0.342 e. The summed E-state index contributed by atoms with van der Waals surface area (Å²) < 4.78 is 0. The molecule has 2 aliphatic heterocycles. The average molecular weight is 292 g/mol. The van der Waals surface area contributed by atoms with E-state index < -0.39 is 0 Å². The number of nitrogens with zero attached hydrogens (tertiary/aromatic N) is 1. The van der Waals surface area contributed by atoms with Crippen molar-refractivity contribution in [1.29, 1.82) is 0 Å². The molecule has 3 nitrogen and oxygen atoms in total. The Bertz CT molecular complexity index is 338. The van der Waals surface area contributed by atoms with Crippen LogP contribution in [0.2, 0.25) is 0 Å². The van der Waals surface area contributed by atoms with Gasteiger partial charge in [-0.15, -0.1) is 0 Å². The molecule has 21 heavy (non-hydrogen) atoms. The van der Waals surface area contributed by atoms with Crippen molar-refractivity contribution in [3.8, 4) is 0 Å². The van der Waals surface area contributed by atoms with Crippen LogP contribution < -0.4 is 5.32 Å². The molecule has 3 aliphatic rings. The fraction of sp³-hybridized carbons (Fsp3) is 0.944. The van der Waals surface area contributed by atoms with E-state index in [1.807, 2.05) is 0 Å². The third-order valence-electron chi connectivity index (χ3n) is 6.15. The molecule has 1 saturated carbocycles. The Balaban J connectivity index is 1.47. The highest BCUT2D eigenvalue weighted by molar-refractivity contribution is 5.76. The van der Waals surface area contributed by atoms with Gasteiger partial charge in [-0.2, -0.15) is 0 Å². The van der Waals surface area contributed by atoms with Crippen molar-refractivity contribution in [1.82, 2.24) is 10.2 Å². The number of carbonyl (C=O) groups is 1. The maximum absolute atomic E-state index is 12.6. The molecule has 3 rings (SSSR count). The Labute approximate surface area is 129 Å². The van der Waals surface area contributed by atoms with E-state index in [4.69, 9.17) is 0 Å². The van der Waals surface area contributed by atoms with Crippen molar-refractivity contribution < 1.29 is 4.79 Å². The molecule has 3 heteroatoms. The Hall–Kier alpha value is -0.570. The number of nitrogens with one attached hydrogen (secondary N) is 1. The first-order valence-electron chi connectivity index (χ1n) is 9.26. The summed E-state index contributed by atoms with van der Waals surface area (Å²) in [6.45, 7) is 4.38. The van der Waals surface area contributed by atoms with Gasteiger partial charge in [0, 0.05) is 19.5 Å².